The first-order chi connectivity index (χ1) is 5.72. The maximum atomic E-state index is 5.48. The highest BCUT2D eigenvalue weighted by molar-refractivity contribution is 4.69. The molecule has 1 fully saturated rings. The van der Waals surface area contributed by atoms with Crippen molar-refractivity contribution < 1.29 is 4.74 Å². The van der Waals surface area contributed by atoms with Crippen LogP contribution < -0.4 is 0 Å². The fourth-order valence-electron chi connectivity index (χ4n) is 1.63. The number of rotatable bonds is 3. The Balaban J connectivity index is 2.22. The van der Waals surface area contributed by atoms with Crippen molar-refractivity contribution in [3.8, 4) is 0 Å². The summed E-state index contributed by atoms with van der Waals surface area (Å²) in [7, 11) is 0. The zero-order valence-corrected chi connectivity index (χ0v) is 8.55. The molecule has 0 spiro atoms. The van der Waals surface area contributed by atoms with Gasteiger partial charge in [0.15, 0.2) is 0 Å². The van der Waals surface area contributed by atoms with E-state index in [-0.39, 0.29) is 0 Å². The Morgan fingerprint density at radius 3 is 2.92 bits per heavy atom. The maximum Gasteiger partial charge on any atom is 0.0674 e. The minimum atomic E-state index is 0.433. The first-order valence-corrected chi connectivity index (χ1v) is 5.06. The second kappa shape index (κ2) is 4.83. The lowest BCUT2D eigenvalue weighted by Gasteiger charge is -2.32. The third-order valence-corrected chi connectivity index (χ3v) is 2.59. The zero-order valence-electron chi connectivity index (χ0n) is 8.55. The molecule has 1 heterocycles. The summed E-state index contributed by atoms with van der Waals surface area (Å²) >= 11 is 0. The van der Waals surface area contributed by atoms with Gasteiger partial charge in [-0.1, -0.05) is 20.3 Å². The first-order valence-electron chi connectivity index (χ1n) is 5.06. The van der Waals surface area contributed by atoms with Crippen molar-refractivity contribution >= 4 is 0 Å². The van der Waals surface area contributed by atoms with Gasteiger partial charge in [-0.05, 0) is 12.8 Å². The van der Waals surface area contributed by atoms with Crippen LogP contribution in [0.5, 0.6) is 0 Å². The third kappa shape index (κ3) is 3.11. The summed E-state index contributed by atoms with van der Waals surface area (Å²) < 4.78 is 5.48. The van der Waals surface area contributed by atoms with E-state index >= 15 is 0 Å². The molecule has 0 radical (unpaired) electrons. The maximum absolute atomic E-state index is 5.48. The van der Waals surface area contributed by atoms with Crippen LogP contribution in [0.2, 0.25) is 0 Å². The van der Waals surface area contributed by atoms with E-state index in [0.29, 0.717) is 6.10 Å². The molecule has 1 rings (SSSR count). The van der Waals surface area contributed by atoms with Crippen molar-refractivity contribution in [3.63, 3.8) is 0 Å². The Kier molecular flexibility index (Phi) is 4.02. The quantitative estimate of drug-likeness (QED) is 0.641. The molecule has 2 atom stereocenters. The van der Waals surface area contributed by atoms with Crippen molar-refractivity contribution in [1.29, 1.82) is 0 Å². The Hall–Kier alpha value is -0.0800. The van der Waals surface area contributed by atoms with Crippen LogP contribution in [-0.2, 0) is 4.74 Å². The van der Waals surface area contributed by atoms with Crippen LogP contribution in [0.15, 0.2) is 0 Å². The number of hydrogen-bond donors (Lipinski definition) is 0. The normalized spacial score (nSPS) is 28.8. The average Bonchev–Trinajstić information content (AvgIpc) is 2.04. The van der Waals surface area contributed by atoms with Gasteiger partial charge in [0.25, 0.3) is 0 Å². The van der Waals surface area contributed by atoms with E-state index in [9.17, 15) is 0 Å². The summed E-state index contributed by atoms with van der Waals surface area (Å²) in [6, 6.07) is 0. The predicted molar refractivity (Wildman–Crippen MR) is 51.3 cm³/mol. The van der Waals surface area contributed by atoms with Crippen molar-refractivity contribution in [1.82, 2.24) is 4.90 Å². The second-order valence-electron chi connectivity index (χ2n) is 3.95. The summed E-state index contributed by atoms with van der Waals surface area (Å²) in [6.07, 6.45) is 1.72. The van der Waals surface area contributed by atoms with Crippen molar-refractivity contribution in [2.75, 3.05) is 26.2 Å². The number of ether oxygens (including phenoxy) is 1. The van der Waals surface area contributed by atoms with Crippen LogP contribution in [0, 0.1) is 5.92 Å². The smallest absolute Gasteiger partial charge is 0.0674 e. The van der Waals surface area contributed by atoms with Crippen molar-refractivity contribution in [2.24, 2.45) is 5.92 Å². The van der Waals surface area contributed by atoms with Crippen LogP contribution in [0.25, 0.3) is 0 Å². The van der Waals surface area contributed by atoms with Gasteiger partial charge in [-0.2, -0.15) is 0 Å². The molecule has 2 nitrogen and oxygen atoms in total. The molecule has 0 aromatic rings. The molecule has 0 saturated carbocycles. The van der Waals surface area contributed by atoms with Crippen molar-refractivity contribution in [3.05, 3.63) is 0 Å². The van der Waals surface area contributed by atoms with Gasteiger partial charge < -0.3 is 4.74 Å². The Morgan fingerprint density at radius 2 is 2.33 bits per heavy atom. The molecular weight excluding hydrogens is 150 g/mol. The van der Waals surface area contributed by atoms with Gasteiger partial charge >= 0.3 is 0 Å². The Morgan fingerprint density at radius 1 is 1.58 bits per heavy atom. The highest BCUT2D eigenvalue weighted by Gasteiger charge is 2.17. The minimum Gasteiger partial charge on any atom is -0.376 e. The second-order valence-corrected chi connectivity index (χ2v) is 3.95. The molecule has 1 saturated heterocycles. The molecule has 0 aromatic heterocycles. The van der Waals surface area contributed by atoms with E-state index in [4.69, 9.17) is 4.74 Å². The third-order valence-electron chi connectivity index (χ3n) is 2.59. The molecular formula is C10H21NO. The number of morpholine rings is 1. The molecule has 0 aromatic carbocycles. The summed E-state index contributed by atoms with van der Waals surface area (Å²) in [6.45, 7) is 11.1. The molecule has 0 bridgehead atoms. The number of hydrogen-bond acceptors (Lipinski definition) is 2. The molecule has 0 N–H and O–H groups in total. The van der Waals surface area contributed by atoms with E-state index < -0.39 is 0 Å². The fourth-order valence-corrected chi connectivity index (χ4v) is 1.63. The summed E-state index contributed by atoms with van der Waals surface area (Å²) in [4.78, 5) is 2.52. The predicted octanol–water partition coefficient (Wildman–Crippen LogP) is 1.75. The SMILES string of the molecule is CCC(C)CN1CCOC(C)C1. The van der Waals surface area contributed by atoms with E-state index in [1.807, 2.05) is 0 Å². The Labute approximate surface area is 75.9 Å². The molecule has 72 valence electrons. The van der Waals surface area contributed by atoms with E-state index in [2.05, 4.69) is 25.7 Å². The van der Waals surface area contributed by atoms with Crippen molar-refractivity contribution in [2.45, 2.75) is 33.3 Å². The van der Waals surface area contributed by atoms with Gasteiger partial charge in [0, 0.05) is 19.6 Å². The molecule has 1 aliphatic rings. The molecule has 1 aliphatic heterocycles. The first kappa shape index (κ1) is 10.0. The van der Waals surface area contributed by atoms with Crippen LogP contribution >= 0.6 is 0 Å². The van der Waals surface area contributed by atoms with Crippen LogP contribution in [0.4, 0.5) is 0 Å². The monoisotopic (exact) mass is 171 g/mol. The molecule has 2 heteroatoms. The lowest BCUT2D eigenvalue weighted by molar-refractivity contribution is -0.0224. The summed E-state index contributed by atoms with van der Waals surface area (Å²) in [5.74, 6) is 0.829. The van der Waals surface area contributed by atoms with Gasteiger partial charge in [0.2, 0.25) is 0 Å². The van der Waals surface area contributed by atoms with E-state index in [1.54, 1.807) is 0 Å². The van der Waals surface area contributed by atoms with Gasteiger partial charge in [-0.3, -0.25) is 4.90 Å². The summed E-state index contributed by atoms with van der Waals surface area (Å²) in [5.41, 5.74) is 0. The highest BCUT2D eigenvalue weighted by Crippen LogP contribution is 2.09. The van der Waals surface area contributed by atoms with Gasteiger partial charge in [-0.25, -0.2) is 0 Å². The lowest BCUT2D eigenvalue weighted by atomic mass is 10.1. The van der Waals surface area contributed by atoms with Crippen LogP contribution in [0.1, 0.15) is 27.2 Å². The molecule has 2 unspecified atom stereocenters. The lowest BCUT2D eigenvalue weighted by Crippen LogP contribution is -2.42. The fraction of sp³-hybridized carbons (Fsp3) is 1.00. The van der Waals surface area contributed by atoms with Gasteiger partial charge in [0.05, 0.1) is 12.7 Å². The summed E-state index contributed by atoms with van der Waals surface area (Å²) in [5, 5.41) is 0. The zero-order chi connectivity index (χ0) is 8.97. The average molecular weight is 171 g/mol. The molecule has 0 amide bonds. The standard InChI is InChI=1S/C10H21NO/c1-4-9(2)7-11-5-6-12-10(3)8-11/h9-10H,4-8H2,1-3H3. The van der Waals surface area contributed by atoms with Crippen LogP contribution in [0.3, 0.4) is 0 Å². The molecule has 12 heavy (non-hydrogen) atoms. The Bertz CT molecular complexity index is 127. The minimum absolute atomic E-state index is 0.433. The largest absolute Gasteiger partial charge is 0.376 e. The highest BCUT2D eigenvalue weighted by atomic mass is 16.5. The van der Waals surface area contributed by atoms with Crippen LogP contribution in [-0.4, -0.2) is 37.2 Å². The van der Waals surface area contributed by atoms with E-state index in [0.717, 1.165) is 25.6 Å². The number of nitrogens with zero attached hydrogens (tertiary/aromatic N) is 1. The molecule has 0 aliphatic carbocycles. The topological polar surface area (TPSA) is 12.5 Å². The van der Waals surface area contributed by atoms with Gasteiger partial charge in [-0.15, -0.1) is 0 Å². The van der Waals surface area contributed by atoms with E-state index in [1.165, 1.54) is 13.0 Å². The van der Waals surface area contributed by atoms with Gasteiger partial charge in [0.1, 0.15) is 0 Å².